The number of aryl methyl sites for hydroxylation is 2. The first-order chi connectivity index (χ1) is 19.7. The van der Waals surface area contributed by atoms with Gasteiger partial charge in [-0.3, -0.25) is 4.79 Å². The molecule has 1 unspecified atom stereocenters. The van der Waals surface area contributed by atoms with E-state index in [0.717, 1.165) is 33.4 Å². The van der Waals surface area contributed by atoms with E-state index in [1.807, 2.05) is 50.2 Å². The van der Waals surface area contributed by atoms with Crippen molar-refractivity contribution in [2.24, 2.45) is 5.14 Å². The number of ether oxygens (including phenoxy) is 3. The minimum Gasteiger partial charge on any atom is -0.494 e. The molecule has 11 heteroatoms. The van der Waals surface area contributed by atoms with Crippen molar-refractivity contribution in [2.75, 3.05) is 31.5 Å². The molecular formula is C31H39NO8S2. The maximum absolute atomic E-state index is 11.8. The number of benzene rings is 3. The van der Waals surface area contributed by atoms with E-state index in [9.17, 15) is 21.6 Å². The molecule has 0 radical (unpaired) electrons. The Hall–Kier alpha value is -3.25. The summed E-state index contributed by atoms with van der Waals surface area (Å²) in [5.74, 6) is -0.641. The highest BCUT2D eigenvalue weighted by Crippen LogP contribution is 2.32. The van der Waals surface area contributed by atoms with Crippen LogP contribution in [0.25, 0.3) is 11.1 Å². The van der Waals surface area contributed by atoms with Crippen molar-refractivity contribution < 1.29 is 35.8 Å². The Labute approximate surface area is 249 Å². The first kappa shape index (κ1) is 33.3. The topological polar surface area (TPSA) is 139 Å². The lowest BCUT2D eigenvalue weighted by Gasteiger charge is -2.16. The van der Waals surface area contributed by atoms with Gasteiger partial charge in [-0.25, -0.2) is 22.0 Å². The smallest absolute Gasteiger partial charge is 0.306 e. The van der Waals surface area contributed by atoms with Gasteiger partial charge in [0.25, 0.3) is 0 Å². The minimum atomic E-state index is -3.78. The van der Waals surface area contributed by atoms with Crippen LogP contribution in [-0.4, -0.2) is 54.3 Å². The van der Waals surface area contributed by atoms with E-state index >= 15 is 0 Å². The van der Waals surface area contributed by atoms with Gasteiger partial charge in [-0.2, -0.15) is 0 Å². The number of carbonyl (C=O) groups is 1. The summed E-state index contributed by atoms with van der Waals surface area (Å²) in [7, 11) is -5.53. The number of methoxy groups -OCH3 is 1. The summed E-state index contributed by atoms with van der Waals surface area (Å²) < 4.78 is 62.4. The SMILES string of the molecule is COC(=O)CC(CS(N)(=O)=O)c1ccc(COCc2cccc(-c3c(C)cc(OCCCS(C)(=O)=O)cc3C)c2)cc1. The second-order valence-electron chi connectivity index (χ2n) is 10.5. The number of nitrogens with two attached hydrogens (primary N) is 1. The molecular weight excluding hydrogens is 578 g/mol. The Bertz CT molecular complexity index is 1560. The van der Waals surface area contributed by atoms with Crippen LogP contribution in [0.2, 0.25) is 0 Å². The van der Waals surface area contributed by atoms with Crippen LogP contribution < -0.4 is 9.88 Å². The summed E-state index contributed by atoms with van der Waals surface area (Å²) in [4.78, 5) is 11.8. The van der Waals surface area contributed by atoms with Crippen LogP contribution in [0, 0.1) is 13.8 Å². The third kappa shape index (κ3) is 10.9. The molecule has 0 fully saturated rings. The molecule has 0 saturated carbocycles. The second kappa shape index (κ2) is 14.8. The standard InChI is InChI=1S/C31H39NO8S2/c1-22-15-29(40-13-6-14-41(4,34)35)16-23(2)31(22)27-8-5-7-25(17-27)20-39-19-24-9-11-26(12-10-24)28(18-30(33)38-3)21-42(32,36)37/h5,7-12,15-17,28H,6,13-14,18-21H2,1-4H3,(H2,32,36,37). The van der Waals surface area contributed by atoms with Gasteiger partial charge in [-0.1, -0.05) is 42.5 Å². The molecule has 42 heavy (non-hydrogen) atoms. The lowest BCUT2D eigenvalue weighted by atomic mass is 9.94. The summed E-state index contributed by atoms with van der Waals surface area (Å²) in [5.41, 5.74) is 6.87. The van der Waals surface area contributed by atoms with E-state index in [4.69, 9.17) is 19.3 Å². The zero-order valence-corrected chi connectivity index (χ0v) is 26.1. The van der Waals surface area contributed by atoms with Crippen molar-refractivity contribution in [1.82, 2.24) is 0 Å². The normalized spacial score (nSPS) is 12.6. The molecule has 3 aromatic carbocycles. The summed E-state index contributed by atoms with van der Waals surface area (Å²) >= 11 is 0. The van der Waals surface area contributed by atoms with Crippen molar-refractivity contribution in [2.45, 2.75) is 45.8 Å². The van der Waals surface area contributed by atoms with Crippen LogP contribution in [0.5, 0.6) is 5.75 Å². The monoisotopic (exact) mass is 617 g/mol. The van der Waals surface area contributed by atoms with Crippen molar-refractivity contribution in [1.29, 1.82) is 0 Å². The van der Waals surface area contributed by atoms with Crippen LogP contribution in [0.1, 0.15) is 46.6 Å². The number of hydrogen-bond donors (Lipinski definition) is 1. The summed E-state index contributed by atoms with van der Waals surface area (Å²) in [5, 5.41) is 5.22. The number of hydrogen-bond acceptors (Lipinski definition) is 8. The molecule has 0 aromatic heterocycles. The fraction of sp³-hybridized carbons (Fsp3) is 0.387. The lowest BCUT2D eigenvalue weighted by Crippen LogP contribution is -2.24. The predicted molar refractivity (Wildman–Crippen MR) is 163 cm³/mol. The first-order valence-corrected chi connectivity index (χ1v) is 17.3. The Balaban J connectivity index is 1.62. The second-order valence-corrected chi connectivity index (χ2v) is 14.4. The number of rotatable bonds is 15. The van der Waals surface area contributed by atoms with E-state index in [-0.39, 0.29) is 17.9 Å². The van der Waals surface area contributed by atoms with Gasteiger partial charge in [0, 0.05) is 12.2 Å². The highest BCUT2D eigenvalue weighted by atomic mass is 32.2. The Morgan fingerprint density at radius 2 is 1.55 bits per heavy atom. The molecule has 0 aliphatic carbocycles. The van der Waals surface area contributed by atoms with Crippen LogP contribution in [0.4, 0.5) is 0 Å². The van der Waals surface area contributed by atoms with Gasteiger partial charge in [0.1, 0.15) is 15.6 Å². The maximum Gasteiger partial charge on any atom is 0.306 e. The number of primary sulfonamides is 1. The molecule has 0 heterocycles. The average Bonchev–Trinajstić information content (AvgIpc) is 2.90. The zero-order valence-electron chi connectivity index (χ0n) is 24.5. The predicted octanol–water partition coefficient (Wildman–Crippen LogP) is 4.44. The van der Waals surface area contributed by atoms with E-state index in [0.29, 0.717) is 37.6 Å². The van der Waals surface area contributed by atoms with Gasteiger partial charge >= 0.3 is 5.97 Å². The third-order valence-corrected chi connectivity index (χ3v) is 8.61. The lowest BCUT2D eigenvalue weighted by molar-refractivity contribution is -0.140. The molecule has 0 spiro atoms. The van der Waals surface area contributed by atoms with Crippen molar-refractivity contribution >= 4 is 25.8 Å². The number of esters is 1. The highest BCUT2D eigenvalue weighted by molar-refractivity contribution is 7.90. The van der Waals surface area contributed by atoms with Crippen LogP contribution in [0.3, 0.4) is 0 Å². The molecule has 0 amide bonds. The Morgan fingerprint density at radius 3 is 2.14 bits per heavy atom. The first-order valence-electron chi connectivity index (χ1n) is 13.5. The Morgan fingerprint density at radius 1 is 0.905 bits per heavy atom. The molecule has 0 saturated heterocycles. The van der Waals surface area contributed by atoms with Crippen LogP contribution in [-0.2, 0) is 47.3 Å². The van der Waals surface area contributed by atoms with Crippen molar-refractivity contribution in [3.8, 4) is 16.9 Å². The molecule has 228 valence electrons. The molecule has 1 atom stereocenters. The third-order valence-electron chi connectivity index (χ3n) is 6.71. The van der Waals surface area contributed by atoms with Gasteiger partial charge < -0.3 is 14.2 Å². The molecule has 3 rings (SSSR count). The van der Waals surface area contributed by atoms with Gasteiger partial charge in [0.15, 0.2) is 0 Å². The molecule has 0 aliphatic heterocycles. The maximum atomic E-state index is 11.8. The molecule has 0 aliphatic rings. The zero-order chi connectivity index (χ0) is 30.9. The fourth-order valence-corrected chi connectivity index (χ4v) is 6.31. The molecule has 0 bridgehead atoms. The molecule has 2 N–H and O–H groups in total. The fourth-order valence-electron chi connectivity index (χ4n) is 4.80. The van der Waals surface area contributed by atoms with E-state index < -0.39 is 31.7 Å². The quantitative estimate of drug-likeness (QED) is 0.195. The van der Waals surface area contributed by atoms with E-state index in [1.165, 1.54) is 13.4 Å². The summed E-state index contributed by atoms with van der Waals surface area (Å²) in [6, 6.07) is 19.3. The van der Waals surface area contributed by atoms with Crippen molar-refractivity contribution in [3.05, 3.63) is 88.5 Å². The van der Waals surface area contributed by atoms with Gasteiger partial charge in [0.05, 0.1) is 44.9 Å². The average molecular weight is 618 g/mol. The number of carbonyl (C=O) groups excluding carboxylic acids is 1. The largest absolute Gasteiger partial charge is 0.494 e. The minimum absolute atomic E-state index is 0.0841. The van der Waals surface area contributed by atoms with E-state index in [2.05, 4.69) is 12.1 Å². The van der Waals surface area contributed by atoms with Gasteiger partial charge in [-0.05, 0) is 77.4 Å². The molecule has 3 aromatic rings. The molecule has 9 nitrogen and oxygen atoms in total. The van der Waals surface area contributed by atoms with Crippen molar-refractivity contribution in [3.63, 3.8) is 0 Å². The van der Waals surface area contributed by atoms with Crippen LogP contribution >= 0.6 is 0 Å². The van der Waals surface area contributed by atoms with Crippen LogP contribution in [0.15, 0.2) is 60.7 Å². The number of sulfone groups is 1. The highest BCUT2D eigenvalue weighted by Gasteiger charge is 2.22. The van der Waals surface area contributed by atoms with E-state index in [1.54, 1.807) is 12.1 Å². The summed E-state index contributed by atoms with van der Waals surface area (Å²) in [6.07, 6.45) is 1.58. The van der Waals surface area contributed by atoms with Gasteiger partial charge in [0.2, 0.25) is 10.0 Å². The Kier molecular flexibility index (Phi) is 11.7. The summed E-state index contributed by atoms with van der Waals surface area (Å²) in [6.45, 7) is 5.13. The number of sulfonamides is 1. The van der Waals surface area contributed by atoms with Gasteiger partial charge in [-0.15, -0.1) is 0 Å².